The van der Waals surface area contributed by atoms with Gasteiger partial charge in [-0.05, 0) is 11.6 Å². The SMILES string of the molecule is O=C(Cl)COCC(F)(F)F. The molecule has 0 amide bonds. The van der Waals surface area contributed by atoms with E-state index >= 15 is 0 Å². The monoisotopic (exact) mass is 176 g/mol. The molecule has 0 fully saturated rings. The third-order valence-corrected chi connectivity index (χ3v) is 0.590. The average molecular weight is 177 g/mol. The van der Waals surface area contributed by atoms with Crippen molar-refractivity contribution >= 4 is 16.8 Å². The Morgan fingerprint density at radius 3 is 2.30 bits per heavy atom. The molecule has 0 aliphatic rings. The van der Waals surface area contributed by atoms with Crippen LogP contribution in [0.5, 0.6) is 0 Å². The average Bonchev–Trinajstić information content (AvgIpc) is 1.59. The van der Waals surface area contributed by atoms with Gasteiger partial charge in [0.1, 0.15) is 13.2 Å². The molecule has 0 saturated heterocycles. The number of halogens is 4. The Labute approximate surface area is 59.9 Å². The molecule has 0 aromatic heterocycles. The molecule has 0 heterocycles. The lowest BCUT2D eigenvalue weighted by Gasteiger charge is -2.04. The summed E-state index contributed by atoms with van der Waals surface area (Å²) in [7, 11) is 0. The molecule has 0 unspecified atom stereocenters. The minimum Gasteiger partial charge on any atom is -0.363 e. The molecule has 10 heavy (non-hydrogen) atoms. The lowest BCUT2D eigenvalue weighted by Crippen LogP contribution is -2.18. The zero-order valence-corrected chi connectivity index (χ0v) is 5.50. The molecule has 0 saturated carbocycles. The lowest BCUT2D eigenvalue weighted by molar-refractivity contribution is -0.174. The first-order valence-corrected chi connectivity index (χ1v) is 2.62. The van der Waals surface area contributed by atoms with Crippen molar-refractivity contribution in [2.45, 2.75) is 6.18 Å². The van der Waals surface area contributed by atoms with Crippen LogP contribution in [0.4, 0.5) is 13.2 Å². The van der Waals surface area contributed by atoms with E-state index < -0.39 is 24.6 Å². The third kappa shape index (κ3) is 7.71. The maximum atomic E-state index is 11.2. The van der Waals surface area contributed by atoms with Gasteiger partial charge in [0.05, 0.1) is 0 Å². The zero-order chi connectivity index (χ0) is 8.20. The lowest BCUT2D eigenvalue weighted by atomic mass is 10.7. The van der Waals surface area contributed by atoms with Crippen molar-refractivity contribution in [3.8, 4) is 0 Å². The van der Waals surface area contributed by atoms with Crippen molar-refractivity contribution in [3.63, 3.8) is 0 Å². The minimum atomic E-state index is -4.40. The Kier molecular flexibility index (Phi) is 3.67. The molecule has 2 nitrogen and oxygen atoms in total. The second kappa shape index (κ2) is 3.78. The number of carbonyl (C=O) groups excluding carboxylic acids is 1. The predicted molar refractivity (Wildman–Crippen MR) is 27.7 cm³/mol. The molecule has 0 radical (unpaired) electrons. The van der Waals surface area contributed by atoms with Crippen LogP contribution < -0.4 is 0 Å². The van der Waals surface area contributed by atoms with Crippen LogP contribution in [0.25, 0.3) is 0 Å². The van der Waals surface area contributed by atoms with E-state index in [1.807, 2.05) is 0 Å². The van der Waals surface area contributed by atoms with Gasteiger partial charge in [-0.15, -0.1) is 0 Å². The van der Waals surface area contributed by atoms with Crippen molar-refractivity contribution in [3.05, 3.63) is 0 Å². The van der Waals surface area contributed by atoms with Crippen LogP contribution in [-0.4, -0.2) is 24.6 Å². The van der Waals surface area contributed by atoms with Crippen LogP contribution in [0.2, 0.25) is 0 Å². The van der Waals surface area contributed by atoms with E-state index in [0.717, 1.165) is 0 Å². The number of hydrogen-bond donors (Lipinski definition) is 0. The van der Waals surface area contributed by atoms with Crippen LogP contribution in [-0.2, 0) is 9.53 Å². The molecule has 0 bridgehead atoms. The van der Waals surface area contributed by atoms with Gasteiger partial charge in [0.25, 0.3) is 0 Å². The Balaban J connectivity index is 3.29. The fraction of sp³-hybridized carbons (Fsp3) is 0.750. The molecule has 60 valence electrons. The highest BCUT2D eigenvalue weighted by Crippen LogP contribution is 2.14. The topological polar surface area (TPSA) is 26.3 Å². The molecule has 0 rings (SSSR count). The summed E-state index contributed by atoms with van der Waals surface area (Å²) < 4.78 is 37.5. The zero-order valence-electron chi connectivity index (χ0n) is 4.74. The van der Waals surface area contributed by atoms with E-state index in [2.05, 4.69) is 16.3 Å². The molecule has 0 atom stereocenters. The van der Waals surface area contributed by atoms with Crippen LogP contribution in [0.1, 0.15) is 0 Å². The summed E-state index contributed by atoms with van der Waals surface area (Å²) in [5.74, 6) is 0. The molecule has 0 aromatic carbocycles. The largest absolute Gasteiger partial charge is 0.411 e. The van der Waals surface area contributed by atoms with Gasteiger partial charge in [-0.25, -0.2) is 0 Å². The Bertz CT molecular complexity index is 122. The fourth-order valence-corrected chi connectivity index (χ4v) is 0.324. The van der Waals surface area contributed by atoms with E-state index in [4.69, 9.17) is 0 Å². The summed E-state index contributed by atoms with van der Waals surface area (Å²) in [5.41, 5.74) is 0. The van der Waals surface area contributed by atoms with E-state index in [1.54, 1.807) is 0 Å². The number of ether oxygens (including phenoxy) is 1. The van der Waals surface area contributed by atoms with Crippen molar-refractivity contribution in [2.24, 2.45) is 0 Å². The van der Waals surface area contributed by atoms with Crippen LogP contribution in [0.15, 0.2) is 0 Å². The van der Waals surface area contributed by atoms with Crippen molar-refractivity contribution in [1.29, 1.82) is 0 Å². The first-order valence-electron chi connectivity index (χ1n) is 2.24. The summed E-state index contributed by atoms with van der Waals surface area (Å²) in [6, 6.07) is 0. The van der Waals surface area contributed by atoms with E-state index in [9.17, 15) is 18.0 Å². The van der Waals surface area contributed by atoms with Gasteiger partial charge in [0, 0.05) is 0 Å². The first kappa shape index (κ1) is 9.71. The second-order valence-corrected chi connectivity index (χ2v) is 1.88. The molecule has 0 aromatic rings. The van der Waals surface area contributed by atoms with Crippen LogP contribution in [0.3, 0.4) is 0 Å². The molecule has 0 spiro atoms. The van der Waals surface area contributed by atoms with Gasteiger partial charge in [-0.2, -0.15) is 13.2 Å². The molecular formula is C4H4ClF3O2. The van der Waals surface area contributed by atoms with E-state index in [1.165, 1.54) is 0 Å². The molecule has 0 N–H and O–H groups in total. The third-order valence-electron chi connectivity index (χ3n) is 0.481. The molecular weight excluding hydrogens is 172 g/mol. The summed E-state index contributed by atoms with van der Waals surface area (Å²) in [5, 5.41) is -0.941. The number of rotatable bonds is 3. The predicted octanol–water partition coefficient (Wildman–Crippen LogP) is 1.33. The quantitative estimate of drug-likeness (QED) is 0.607. The van der Waals surface area contributed by atoms with Gasteiger partial charge in [-0.3, -0.25) is 4.79 Å². The fourth-order valence-electron chi connectivity index (χ4n) is 0.247. The molecule has 0 aliphatic carbocycles. The maximum absolute atomic E-state index is 11.2. The second-order valence-electron chi connectivity index (χ2n) is 1.46. The van der Waals surface area contributed by atoms with Crippen molar-refractivity contribution in [1.82, 2.24) is 0 Å². The highest BCUT2D eigenvalue weighted by Gasteiger charge is 2.27. The highest BCUT2D eigenvalue weighted by atomic mass is 35.5. The standard InChI is InChI=1S/C4H4ClF3O2/c5-3(9)1-10-2-4(6,7)8/h1-2H2. The van der Waals surface area contributed by atoms with Crippen LogP contribution in [0, 0.1) is 0 Å². The number of carbonyl (C=O) groups is 1. The van der Waals surface area contributed by atoms with Gasteiger partial charge < -0.3 is 4.74 Å². The Hall–Kier alpha value is -0.290. The van der Waals surface area contributed by atoms with Crippen molar-refractivity contribution in [2.75, 3.05) is 13.2 Å². The minimum absolute atomic E-state index is 0.707. The number of alkyl halides is 3. The Morgan fingerprint density at radius 2 is 2.00 bits per heavy atom. The van der Waals surface area contributed by atoms with Gasteiger partial charge in [0.2, 0.25) is 5.24 Å². The van der Waals surface area contributed by atoms with Gasteiger partial charge >= 0.3 is 6.18 Å². The van der Waals surface area contributed by atoms with E-state index in [-0.39, 0.29) is 0 Å². The van der Waals surface area contributed by atoms with E-state index in [0.29, 0.717) is 0 Å². The van der Waals surface area contributed by atoms with Gasteiger partial charge in [-0.1, -0.05) is 0 Å². The molecule has 0 aliphatic heterocycles. The van der Waals surface area contributed by atoms with Crippen LogP contribution >= 0.6 is 11.6 Å². The highest BCUT2D eigenvalue weighted by molar-refractivity contribution is 6.63. The molecule has 6 heteroatoms. The normalized spacial score (nSPS) is 11.6. The summed E-state index contributed by atoms with van der Waals surface area (Å²) in [6.45, 7) is -2.15. The Morgan fingerprint density at radius 1 is 1.50 bits per heavy atom. The van der Waals surface area contributed by atoms with Gasteiger partial charge in [0.15, 0.2) is 0 Å². The smallest absolute Gasteiger partial charge is 0.363 e. The van der Waals surface area contributed by atoms with Crippen molar-refractivity contribution < 1.29 is 22.7 Å². The maximum Gasteiger partial charge on any atom is 0.411 e. The summed E-state index contributed by atoms with van der Waals surface area (Å²) in [6.07, 6.45) is -4.40. The summed E-state index contributed by atoms with van der Waals surface area (Å²) in [4.78, 5) is 9.80. The summed E-state index contributed by atoms with van der Waals surface area (Å²) >= 11 is 4.68. The first-order chi connectivity index (χ1) is 4.42. The number of hydrogen-bond acceptors (Lipinski definition) is 2.